The van der Waals surface area contributed by atoms with Gasteiger partial charge >= 0.3 is 0 Å². The second-order valence-corrected chi connectivity index (χ2v) is 10.7. The van der Waals surface area contributed by atoms with Gasteiger partial charge in [-0.1, -0.05) is 53.5 Å². The molecule has 0 aromatic heterocycles. The van der Waals surface area contributed by atoms with Crippen LogP contribution in [0.25, 0.3) is 0 Å². The third-order valence-electron chi connectivity index (χ3n) is 7.40. The van der Waals surface area contributed by atoms with Crippen LogP contribution < -0.4 is 10.6 Å². The molecule has 2 fully saturated rings. The summed E-state index contributed by atoms with van der Waals surface area (Å²) in [5, 5.41) is 7.10. The fraction of sp³-hybridized carbons (Fsp3) is 0.500. The molecule has 2 aliphatic rings. The molecule has 194 valence electrons. The molecule has 0 bridgehead atoms. The summed E-state index contributed by atoms with van der Waals surface area (Å²) in [5.74, 6) is -0.253. The molecule has 4 rings (SSSR count). The molecule has 1 aliphatic carbocycles. The van der Waals surface area contributed by atoms with Gasteiger partial charge in [0.1, 0.15) is 0 Å². The van der Waals surface area contributed by atoms with Crippen LogP contribution in [0.3, 0.4) is 0 Å². The van der Waals surface area contributed by atoms with Crippen LogP contribution in [-0.2, 0) is 27.3 Å². The molecule has 0 atom stereocenters. The van der Waals surface area contributed by atoms with Crippen molar-refractivity contribution in [1.29, 1.82) is 0 Å². The maximum absolute atomic E-state index is 12.6. The molecule has 0 spiro atoms. The molecule has 1 saturated carbocycles. The SMILES string of the molecule is O=C(CCC(=O)NC1CCC(Cc2ccccc2)(N2CCOCC2)CC1)NCc1cc(Cl)ccc1Cl. The second-order valence-electron chi connectivity index (χ2n) is 9.84. The van der Waals surface area contributed by atoms with E-state index >= 15 is 0 Å². The molecule has 2 aromatic rings. The number of nitrogens with one attached hydrogen (secondary N) is 2. The number of carbonyl (C=O) groups excluding carboxylic acids is 2. The van der Waals surface area contributed by atoms with Crippen LogP contribution >= 0.6 is 23.2 Å². The number of halogens is 2. The highest BCUT2D eigenvalue weighted by molar-refractivity contribution is 6.33. The van der Waals surface area contributed by atoms with Crippen LogP contribution in [0.4, 0.5) is 0 Å². The van der Waals surface area contributed by atoms with Gasteiger partial charge in [-0.3, -0.25) is 14.5 Å². The predicted molar refractivity (Wildman–Crippen MR) is 143 cm³/mol. The fourth-order valence-electron chi connectivity index (χ4n) is 5.41. The first-order chi connectivity index (χ1) is 17.4. The van der Waals surface area contributed by atoms with E-state index in [4.69, 9.17) is 27.9 Å². The minimum absolute atomic E-state index is 0.0714. The molecule has 2 aromatic carbocycles. The van der Waals surface area contributed by atoms with Crippen molar-refractivity contribution >= 4 is 35.0 Å². The minimum atomic E-state index is -0.181. The number of benzene rings is 2. The quantitative estimate of drug-likeness (QED) is 0.489. The zero-order valence-corrected chi connectivity index (χ0v) is 22.1. The Balaban J connectivity index is 1.24. The van der Waals surface area contributed by atoms with Gasteiger partial charge in [-0.25, -0.2) is 0 Å². The summed E-state index contributed by atoms with van der Waals surface area (Å²) in [6.45, 7) is 3.76. The summed E-state index contributed by atoms with van der Waals surface area (Å²) >= 11 is 12.1. The molecule has 0 radical (unpaired) electrons. The number of rotatable bonds is 9. The molecule has 1 heterocycles. The standard InChI is InChI=1S/C28H35Cl2N3O3/c29-23-6-7-25(30)22(18-23)20-31-26(34)8-9-27(35)32-24-10-12-28(13-11-24,33-14-16-36-17-15-33)19-21-4-2-1-3-5-21/h1-7,18,24H,8-17,19-20H2,(H,31,34)(H,32,35). The average Bonchev–Trinajstić information content (AvgIpc) is 2.90. The van der Waals surface area contributed by atoms with E-state index in [-0.39, 0.29) is 42.8 Å². The zero-order chi connectivity index (χ0) is 25.4. The lowest BCUT2D eigenvalue weighted by molar-refractivity contribution is -0.127. The molecular weight excluding hydrogens is 497 g/mol. The number of nitrogens with zero attached hydrogens (tertiary/aromatic N) is 1. The molecule has 36 heavy (non-hydrogen) atoms. The molecule has 1 aliphatic heterocycles. The number of hydrogen-bond donors (Lipinski definition) is 2. The van der Waals surface area contributed by atoms with Crippen molar-refractivity contribution in [2.75, 3.05) is 26.3 Å². The Kier molecular flexibility index (Phi) is 9.66. The lowest BCUT2D eigenvalue weighted by Gasteiger charge is -2.50. The number of ether oxygens (including phenoxy) is 1. The van der Waals surface area contributed by atoms with Crippen molar-refractivity contribution in [3.05, 3.63) is 69.7 Å². The van der Waals surface area contributed by atoms with Gasteiger partial charge in [-0.15, -0.1) is 0 Å². The maximum atomic E-state index is 12.6. The predicted octanol–water partition coefficient (Wildman–Crippen LogP) is 4.76. The molecule has 1 saturated heterocycles. The Morgan fingerprint density at radius 2 is 1.67 bits per heavy atom. The van der Waals surface area contributed by atoms with Crippen molar-refractivity contribution in [2.45, 2.75) is 63.1 Å². The Bertz CT molecular complexity index is 1020. The highest BCUT2D eigenvalue weighted by Gasteiger charge is 2.41. The maximum Gasteiger partial charge on any atom is 0.220 e. The van der Waals surface area contributed by atoms with Crippen LogP contribution in [-0.4, -0.2) is 54.6 Å². The smallest absolute Gasteiger partial charge is 0.220 e. The van der Waals surface area contributed by atoms with E-state index in [2.05, 4.69) is 45.9 Å². The van der Waals surface area contributed by atoms with Gasteiger partial charge < -0.3 is 15.4 Å². The van der Waals surface area contributed by atoms with Gasteiger partial charge in [0.2, 0.25) is 11.8 Å². The lowest BCUT2D eigenvalue weighted by atomic mass is 9.74. The first-order valence-electron chi connectivity index (χ1n) is 12.8. The van der Waals surface area contributed by atoms with Gasteiger partial charge in [0.25, 0.3) is 0 Å². The lowest BCUT2D eigenvalue weighted by Crippen LogP contribution is -2.58. The van der Waals surface area contributed by atoms with Crippen molar-refractivity contribution in [3.63, 3.8) is 0 Å². The number of amides is 2. The van der Waals surface area contributed by atoms with Gasteiger partial charge in [0.15, 0.2) is 0 Å². The Morgan fingerprint density at radius 3 is 2.39 bits per heavy atom. The molecule has 2 N–H and O–H groups in total. The van der Waals surface area contributed by atoms with Gasteiger partial charge in [-0.05, 0) is 61.4 Å². The van der Waals surface area contributed by atoms with Crippen LogP contribution in [0, 0.1) is 0 Å². The van der Waals surface area contributed by atoms with Crippen LogP contribution in [0.2, 0.25) is 10.0 Å². The van der Waals surface area contributed by atoms with E-state index < -0.39 is 0 Å². The summed E-state index contributed by atoms with van der Waals surface area (Å²) in [6, 6.07) is 16.0. The van der Waals surface area contributed by atoms with Crippen molar-refractivity contribution in [2.24, 2.45) is 0 Å². The van der Waals surface area contributed by atoms with E-state index in [1.807, 2.05) is 0 Å². The van der Waals surface area contributed by atoms with Crippen molar-refractivity contribution in [1.82, 2.24) is 15.5 Å². The third kappa shape index (κ3) is 7.45. The summed E-state index contributed by atoms with van der Waals surface area (Å²) < 4.78 is 5.62. The Hall–Kier alpha value is -2.12. The van der Waals surface area contributed by atoms with E-state index in [0.29, 0.717) is 10.0 Å². The summed E-state index contributed by atoms with van der Waals surface area (Å²) in [5.41, 5.74) is 2.22. The average molecular weight is 533 g/mol. The highest BCUT2D eigenvalue weighted by Crippen LogP contribution is 2.37. The normalized spacial score (nSPS) is 22.7. The Morgan fingerprint density at radius 1 is 0.972 bits per heavy atom. The van der Waals surface area contributed by atoms with E-state index in [1.165, 1.54) is 5.56 Å². The molecule has 2 amide bonds. The fourth-order valence-corrected chi connectivity index (χ4v) is 5.78. The number of hydrogen-bond acceptors (Lipinski definition) is 4. The van der Waals surface area contributed by atoms with Crippen LogP contribution in [0.15, 0.2) is 48.5 Å². The summed E-state index contributed by atoms with van der Waals surface area (Å²) in [7, 11) is 0. The van der Waals surface area contributed by atoms with Gasteiger partial charge in [0, 0.05) is 54.1 Å². The third-order valence-corrected chi connectivity index (χ3v) is 8.01. The number of morpholine rings is 1. The summed E-state index contributed by atoms with van der Waals surface area (Å²) in [6.07, 6.45) is 5.28. The van der Waals surface area contributed by atoms with Crippen LogP contribution in [0.1, 0.15) is 49.7 Å². The minimum Gasteiger partial charge on any atom is -0.379 e. The highest BCUT2D eigenvalue weighted by atomic mass is 35.5. The van der Waals surface area contributed by atoms with Crippen molar-refractivity contribution in [3.8, 4) is 0 Å². The van der Waals surface area contributed by atoms with Gasteiger partial charge in [0.05, 0.1) is 13.2 Å². The summed E-state index contributed by atoms with van der Waals surface area (Å²) in [4.78, 5) is 27.5. The first kappa shape index (κ1) is 26.9. The van der Waals surface area contributed by atoms with Crippen LogP contribution in [0.5, 0.6) is 0 Å². The van der Waals surface area contributed by atoms with Gasteiger partial charge in [-0.2, -0.15) is 0 Å². The first-order valence-corrected chi connectivity index (χ1v) is 13.6. The zero-order valence-electron chi connectivity index (χ0n) is 20.6. The Labute approximate surface area is 223 Å². The molecule has 0 unspecified atom stereocenters. The largest absolute Gasteiger partial charge is 0.379 e. The van der Waals surface area contributed by atoms with E-state index in [0.717, 1.165) is 64.0 Å². The molecule has 8 heteroatoms. The topological polar surface area (TPSA) is 70.7 Å². The molecular formula is C28H35Cl2N3O3. The molecule has 6 nitrogen and oxygen atoms in total. The monoisotopic (exact) mass is 531 g/mol. The van der Waals surface area contributed by atoms with Crippen molar-refractivity contribution < 1.29 is 14.3 Å². The second kappa shape index (κ2) is 12.9. The van der Waals surface area contributed by atoms with E-state index in [1.54, 1.807) is 18.2 Å². The van der Waals surface area contributed by atoms with E-state index in [9.17, 15) is 9.59 Å². The number of carbonyl (C=O) groups is 2.